The van der Waals surface area contributed by atoms with Crippen molar-refractivity contribution in [1.29, 1.82) is 0 Å². The van der Waals surface area contributed by atoms with Gasteiger partial charge in [0.2, 0.25) is 0 Å². The van der Waals surface area contributed by atoms with Crippen molar-refractivity contribution in [3.05, 3.63) is 35.1 Å². The van der Waals surface area contributed by atoms with E-state index in [9.17, 15) is 4.39 Å². The first-order chi connectivity index (χ1) is 9.25. The largest absolute Gasteiger partial charge is 0.314 e. The summed E-state index contributed by atoms with van der Waals surface area (Å²) in [5, 5.41) is 3.40. The molecule has 0 aromatic heterocycles. The first kappa shape index (κ1) is 18.7. The predicted molar refractivity (Wildman–Crippen MR) is 90.2 cm³/mol. The lowest BCUT2D eigenvalue weighted by Crippen LogP contribution is -2.47. The van der Waals surface area contributed by atoms with E-state index in [1.165, 1.54) is 24.8 Å². The van der Waals surface area contributed by atoms with E-state index in [0.717, 1.165) is 37.7 Å². The van der Waals surface area contributed by atoms with Crippen LogP contribution in [0.5, 0.6) is 0 Å². The maximum Gasteiger partial charge on any atom is 0.126 e. The van der Waals surface area contributed by atoms with Gasteiger partial charge in [-0.2, -0.15) is 0 Å². The molecule has 1 N–H and O–H groups in total. The zero-order chi connectivity index (χ0) is 13.2. The smallest absolute Gasteiger partial charge is 0.126 e. The molecular weight excluding hydrogens is 310 g/mol. The lowest BCUT2D eigenvalue weighted by molar-refractivity contribution is 0.0835. The molecule has 0 bridgehead atoms. The summed E-state index contributed by atoms with van der Waals surface area (Å²) in [5.74, 6) is 0.664. The van der Waals surface area contributed by atoms with Gasteiger partial charge < -0.3 is 5.32 Å². The fourth-order valence-electron chi connectivity index (χ4n) is 3.29. The SMILES string of the molecule is Cc1ccc([C@H](C2CCC2)N2CCNCC2)cc1F.Cl.Cl. The first-order valence-electron chi connectivity index (χ1n) is 7.46. The Labute approximate surface area is 139 Å². The third kappa shape index (κ3) is 4.10. The zero-order valence-electron chi connectivity index (χ0n) is 12.5. The van der Waals surface area contributed by atoms with Gasteiger partial charge in [0.1, 0.15) is 5.82 Å². The third-order valence-corrected chi connectivity index (χ3v) is 4.68. The van der Waals surface area contributed by atoms with E-state index in [1.807, 2.05) is 13.0 Å². The van der Waals surface area contributed by atoms with Crippen LogP contribution in [0.2, 0.25) is 0 Å². The summed E-state index contributed by atoms with van der Waals surface area (Å²) in [7, 11) is 0. The molecular formula is C16H25Cl2FN2. The van der Waals surface area contributed by atoms with Crippen molar-refractivity contribution in [3.8, 4) is 0 Å². The van der Waals surface area contributed by atoms with Crippen molar-refractivity contribution in [2.45, 2.75) is 32.2 Å². The summed E-state index contributed by atoms with van der Waals surface area (Å²) < 4.78 is 13.9. The molecule has 120 valence electrons. The van der Waals surface area contributed by atoms with Crippen LogP contribution in [0, 0.1) is 18.7 Å². The lowest BCUT2D eigenvalue weighted by atomic mass is 9.76. The van der Waals surface area contributed by atoms with E-state index in [2.05, 4.69) is 16.3 Å². The van der Waals surface area contributed by atoms with Gasteiger partial charge in [-0.25, -0.2) is 4.39 Å². The minimum Gasteiger partial charge on any atom is -0.314 e. The Morgan fingerprint density at radius 3 is 2.38 bits per heavy atom. The van der Waals surface area contributed by atoms with Gasteiger partial charge in [0.25, 0.3) is 0 Å². The lowest BCUT2D eigenvalue weighted by Gasteiger charge is -2.43. The molecule has 1 aromatic carbocycles. The van der Waals surface area contributed by atoms with E-state index in [-0.39, 0.29) is 30.6 Å². The molecule has 0 amide bonds. The van der Waals surface area contributed by atoms with Crippen molar-refractivity contribution >= 4 is 24.8 Å². The highest BCUT2D eigenvalue weighted by Gasteiger charge is 2.33. The number of benzene rings is 1. The van der Waals surface area contributed by atoms with Gasteiger partial charge in [0, 0.05) is 32.2 Å². The Morgan fingerprint density at radius 1 is 1.19 bits per heavy atom. The minimum absolute atomic E-state index is 0. The van der Waals surface area contributed by atoms with Gasteiger partial charge in [0.15, 0.2) is 0 Å². The molecule has 5 heteroatoms. The van der Waals surface area contributed by atoms with Crippen LogP contribution < -0.4 is 5.32 Å². The highest BCUT2D eigenvalue weighted by atomic mass is 35.5. The summed E-state index contributed by atoms with van der Waals surface area (Å²) in [6.45, 7) is 6.10. The Morgan fingerprint density at radius 2 is 1.86 bits per heavy atom. The third-order valence-electron chi connectivity index (χ3n) is 4.68. The normalized spacial score (nSPS) is 20.9. The highest BCUT2D eigenvalue weighted by Crippen LogP contribution is 2.41. The van der Waals surface area contributed by atoms with Crippen molar-refractivity contribution in [2.75, 3.05) is 26.2 Å². The molecule has 1 aromatic rings. The molecule has 2 fully saturated rings. The second kappa shape index (κ2) is 8.33. The molecule has 21 heavy (non-hydrogen) atoms. The summed E-state index contributed by atoms with van der Waals surface area (Å²) in [5.41, 5.74) is 1.92. The maximum absolute atomic E-state index is 13.9. The molecule has 2 aliphatic rings. The van der Waals surface area contributed by atoms with Crippen molar-refractivity contribution in [2.24, 2.45) is 5.92 Å². The molecule has 1 heterocycles. The number of aryl methyl sites for hydroxylation is 1. The van der Waals surface area contributed by atoms with Crippen LogP contribution in [-0.2, 0) is 0 Å². The Kier molecular flexibility index (Phi) is 7.41. The van der Waals surface area contributed by atoms with Crippen LogP contribution in [0.4, 0.5) is 4.39 Å². The predicted octanol–water partition coefficient (Wildman–Crippen LogP) is 3.72. The van der Waals surface area contributed by atoms with Crippen molar-refractivity contribution in [1.82, 2.24) is 10.2 Å². The van der Waals surface area contributed by atoms with Gasteiger partial charge in [0.05, 0.1) is 0 Å². The van der Waals surface area contributed by atoms with Gasteiger partial charge in [-0.15, -0.1) is 24.8 Å². The first-order valence-corrected chi connectivity index (χ1v) is 7.46. The second-order valence-corrected chi connectivity index (χ2v) is 5.93. The minimum atomic E-state index is -0.0584. The van der Waals surface area contributed by atoms with Crippen LogP contribution in [-0.4, -0.2) is 31.1 Å². The summed E-state index contributed by atoms with van der Waals surface area (Å²) in [6.07, 6.45) is 3.93. The fourth-order valence-corrected chi connectivity index (χ4v) is 3.29. The van der Waals surface area contributed by atoms with E-state index in [4.69, 9.17) is 0 Å². The molecule has 1 saturated carbocycles. The highest BCUT2D eigenvalue weighted by molar-refractivity contribution is 5.85. The Bertz CT molecular complexity index is 446. The van der Waals surface area contributed by atoms with Crippen LogP contribution >= 0.6 is 24.8 Å². The molecule has 2 nitrogen and oxygen atoms in total. The molecule has 0 radical (unpaired) electrons. The summed E-state index contributed by atoms with van der Waals surface area (Å²) >= 11 is 0. The van der Waals surface area contributed by atoms with Gasteiger partial charge in [-0.05, 0) is 42.9 Å². The van der Waals surface area contributed by atoms with E-state index < -0.39 is 0 Å². The average Bonchev–Trinajstić information content (AvgIpc) is 2.38. The van der Waals surface area contributed by atoms with Crippen LogP contribution in [0.15, 0.2) is 18.2 Å². The monoisotopic (exact) mass is 334 g/mol. The van der Waals surface area contributed by atoms with Gasteiger partial charge >= 0.3 is 0 Å². The summed E-state index contributed by atoms with van der Waals surface area (Å²) in [4.78, 5) is 2.55. The van der Waals surface area contributed by atoms with Crippen molar-refractivity contribution in [3.63, 3.8) is 0 Å². The molecule has 1 atom stereocenters. The van der Waals surface area contributed by atoms with Gasteiger partial charge in [-0.1, -0.05) is 18.6 Å². The fraction of sp³-hybridized carbons (Fsp3) is 0.625. The number of halogens is 3. The number of nitrogens with one attached hydrogen (secondary N) is 1. The molecule has 3 rings (SSSR count). The van der Waals surface area contributed by atoms with E-state index >= 15 is 0 Å². The number of hydrogen-bond donors (Lipinski definition) is 1. The van der Waals surface area contributed by atoms with Gasteiger partial charge in [-0.3, -0.25) is 4.90 Å². The Hall–Kier alpha value is -0.350. The number of rotatable bonds is 3. The standard InChI is InChI=1S/C16H23FN2.2ClH/c1-12-5-6-14(11-15(12)17)16(13-3-2-4-13)19-9-7-18-8-10-19;;/h5-6,11,13,16,18H,2-4,7-10H2,1H3;2*1H/t16-;;/m0../s1. The maximum atomic E-state index is 13.9. The zero-order valence-corrected chi connectivity index (χ0v) is 14.1. The molecule has 0 spiro atoms. The van der Waals surface area contributed by atoms with Crippen LogP contribution in [0.25, 0.3) is 0 Å². The van der Waals surface area contributed by atoms with Crippen LogP contribution in [0.1, 0.15) is 36.4 Å². The molecule has 1 saturated heterocycles. The topological polar surface area (TPSA) is 15.3 Å². The molecule has 1 aliphatic carbocycles. The quantitative estimate of drug-likeness (QED) is 0.906. The number of piperazine rings is 1. The summed E-state index contributed by atoms with van der Waals surface area (Å²) in [6, 6.07) is 6.24. The Balaban J connectivity index is 0.00000110. The molecule has 1 aliphatic heterocycles. The van der Waals surface area contributed by atoms with E-state index in [1.54, 1.807) is 6.07 Å². The molecule has 0 unspecified atom stereocenters. The van der Waals surface area contributed by atoms with E-state index in [0.29, 0.717) is 6.04 Å². The van der Waals surface area contributed by atoms with Crippen LogP contribution in [0.3, 0.4) is 0 Å². The number of nitrogens with zero attached hydrogens (tertiary/aromatic N) is 1. The second-order valence-electron chi connectivity index (χ2n) is 5.93. The average molecular weight is 335 g/mol. The number of hydrogen-bond acceptors (Lipinski definition) is 2. The van der Waals surface area contributed by atoms with Crippen molar-refractivity contribution < 1.29 is 4.39 Å².